The zero-order valence-corrected chi connectivity index (χ0v) is 14.0. The second kappa shape index (κ2) is 6.08. The van der Waals surface area contributed by atoms with Gasteiger partial charge < -0.3 is 19.3 Å². The summed E-state index contributed by atoms with van der Waals surface area (Å²) in [6.45, 7) is 5.01. The Morgan fingerprint density at radius 3 is 2.60 bits per heavy atom. The number of benzene rings is 1. The molecule has 1 amide bonds. The van der Waals surface area contributed by atoms with E-state index in [0.717, 1.165) is 10.9 Å². The summed E-state index contributed by atoms with van der Waals surface area (Å²) in [6, 6.07) is 2.49. The van der Waals surface area contributed by atoms with Crippen LogP contribution in [0.15, 0.2) is 32.0 Å². The maximum Gasteiger partial charge on any atom is 0.340 e. The molecule has 25 heavy (non-hydrogen) atoms. The van der Waals surface area contributed by atoms with Gasteiger partial charge in [-0.05, 0) is 38.0 Å². The van der Waals surface area contributed by atoms with Crippen molar-refractivity contribution in [3.05, 3.63) is 45.5 Å². The third-order valence-electron chi connectivity index (χ3n) is 4.26. The van der Waals surface area contributed by atoms with E-state index in [1.165, 1.54) is 6.92 Å². The highest BCUT2D eigenvalue weighted by Crippen LogP contribution is 2.28. The van der Waals surface area contributed by atoms with E-state index in [9.17, 15) is 14.4 Å². The van der Waals surface area contributed by atoms with Gasteiger partial charge in [0, 0.05) is 16.8 Å². The lowest BCUT2D eigenvalue weighted by Crippen LogP contribution is -2.39. The molecule has 1 aromatic carbocycles. The van der Waals surface area contributed by atoms with E-state index in [2.05, 4.69) is 5.32 Å². The van der Waals surface area contributed by atoms with Crippen molar-refractivity contribution in [3.8, 4) is 0 Å². The molecule has 2 N–H and O–H groups in total. The van der Waals surface area contributed by atoms with Crippen LogP contribution in [0, 0.1) is 13.8 Å². The van der Waals surface area contributed by atoms with Gasteiger partial charge in [0.05, 0.1) is 18.2 Å². The molecular formula is C18H17NO6. The number of aryl methyl sites for hydroxylation is 2. The zero-order chi connectivity index (χ0) is 18.3. The Bertz CT molecular complexity index is 1060. The highest BCUT2D eigenvalue weighted by atomic mass is 16.4. The maximum absolute atomic E-state index is 12.3. The molecule has 0 aliphatic carbocycles. The summed E-state index contributed by atoms with van der Waals surface area (Å²) in [7, 11) is 0. The number of carbonyl (C=O) groups is 2. The lowest BCUT2D eigenvalue weighted by atomic mass is 10.0. The van der Waals surface area contributed by atoms with Crippen LogP contribution in [-0.2, 0) is 16.0 Å². The van der Waals surface area contributed by atoms with Gasteiger partial charge in [-0.15, -0.1) is 0 Å². The molecule has 0 saturated heterocycles. The van der Waals surface area contributed by atoms with Crippen LogP contribution in [0.25, 0.3) is 21.9 Å². The first-order chi connectivity index (χ1) is 11.8. The molecule has 0 aliphatic heterocycles. The van der Waals surface area contributed by atoms with Gasteiger partial charge in [-0.2, -0.15) is 0 Å². The molecule has 1 atom stereocenters. The monoisotopic (exact) mass is 343 g/mol. The molecule has 7 heteroatoms. The van der Waals surface area contributed by atoms with Crippen molar-refractivity contribution in [1.82, 2.24) is 5.32 Å². The fourth-order valence-corrected chi connectivity index (χ4v) is 2.76. The van der Waals surface area contributed by atoms with Crippen molar-refractivity contribution < 1.29 is 23.5 Å². The van der Waals surface area contributed by atoms with Gasteiger partial charge >= 0.3 is 11.6 Å². The molecular weight excluding hydrogens is 326 g/mol. The van der Waals surface area contributed by atoms with Crippen molar-refractivity contribution >= 4 is 33.8 Å². The Morgan fingerprint density at radius 2 is 1.92 bits per heavy atom. The predicted octanol–water partition coefficient (Wildman–Crippen LogP) is 2.29. The maximum atomic E-state index is 12.3. The second-order valence-electron chi connectivity index (χ2n) is 6.06. The lowest BCUT2D eigenvalue weighted by Gasteiger charge is -2.11. The third kappa shape index (κ3) is 3.00. The van der Waals surface area contributed by atoms with E-state index in [1.54, 1.807) is 19.3 Å². The van der Waals surface area contributed by atoms with Gasteiger partial charge in [0.1, 0.15) is 17.2 Å². The molecule has 0 bridgehead atoms. The first kappa shape index (κ1) is 16.8. The van der Waals surface area contributed by atoms with Crippen molar-refractivity contribution in [1.29, 1.82) is 0 Å². The number of rotatable bonds is 4. The van der Waals surface area contributed by atoms with Crippen LogP contribution < -0.4 is 10.9 Å². The summed E-state index contributed by atoms with van der Waals surface area (Å²) in [5.74, 6) is -1.70. The van der Waals surface area contributed by atoms with Crippen molar-refractivity contribution in [2.75, 3.05) is 0 Å². The fraction of sp³-hybridized carbons (Fsp3) is 0.278. The average molecular weight is 343 g/mol. The molecule has 130 valence electrons. The molecule has 0 spiro atoms. The summed E-state index contributed by atoms with van der Waals surface area (Å²) in [5, 5.41) is 12.8. The normalized spacial score (nSPS) is 12.4. The van der Waals surface area contributed by atoms with Crippen LogP contribution in [-0.4, -0.2) is 23.0 Å². The number of carbonyl (C=O) groups excluding carboxylic acids is 1. The van der Waals surface area contributed by atoms with Crippen molar-refractivity contribution in [2.24, 2.45) is 0 Å². The van der Waals surface area contributed by atoms with E-state index in [1.807, 2.05) is 13.0 Å². The Kier molecular flexibility index (Phi) is 4.08. The Hall–Kier alpha value is -3.09. The molecule has 7 nitrogen and oxygen atoms in total. The SMILES string of the molecule is Cc1coc2cc3oc(=O)c(CC(=O)NC(C)C(=O)O)c(C)c3cc12. The molecule has 0 saturated carbocycles. The van der Waals surface area contributed by atoms with Crippen LogP contribution in [0.3, 0.4) is 0 Å². The minimum Gasteiger partial charge on any atom is -0.480 e. The Labute approximate surface area is 142 Å². The minimum atomic E-state index is -1.14. The molecule has 3 aromatic rings. The Morgan fingerprint density at radius 1 is 1.20 bits per heavy atom. The second-order valence-corrected chi connectivity index (χ2v) is 6.06. The van der Waals surface area contributed by atoms with Crippen molar-refractivity contribution in [3.63, 3.8) is 0 Å². The Balaban J connectivity index is 2.05. The van der Waals surface area contributed by atoms with E-state index in [4.69, 9.17) is 13.9 Å². The first-order valence-electron chi connectivity index (χ1n) is 7.74. The number of hydrogen-bond acceptors (Lipinski definition) is 5. The van der Waals surface area contributed by atoms with E-state index in [-0.39, 0.29) is 12.0 Å². The number of fused-ring (bicyclic) bond motifs is 2. The molecule has 0 radical (unpaired) electrons. The number of furan rings is 1. The number of carboxylic acid groups (broad SMARTS) is 1. The van der Waals surface area contributed by atoms with Crippen LogP contribution in [0.1, 0.15) is 23.6 Å². The molecule has 0 fully saturated rings. The van der Waals surface area contributed by atoms with Crippen LogP contribution in [0.4, 0.5) is 0 Å². The largest absolute Gasteiger partial charge is 0.480 e. The van der Waals surface area contributed by atoms with Gasteiger partial charge in [-0.1, -0.05) is 0 Å². The van der Waals surface area contributed by atoms with Gasteiger partial charge in [0.25, 0.3) is 0 Å². The quantitative estimate of drug-likeness (QED) is 0.703. The smallest absolute Gasteiger partial charge is 0.340 e. The number of carboxylic acids is 1. The molecule has 0 aliphatic rings. The van der Waals surface area contributed by atoms with E-state index in [0.29, 0.717) is 22.1 Å². The summed E-state index contributed by atoms with van der Waals surface area (Å²) < 4.78 is 10.7. The third-order valence-corrected chi connectivity index (χ3v) is 4.26. The molecule has 3 rings (SSSR count). The standard InChI is InChI=1S/C18H17NO6/c1-8-7-24-14-6-15-12(4-11(8)14)9(2)13(18(23)25-15)5-16(20)19-10(3)17(21)22/h4,6-7,10H,5H2,1-3H3,(H,19,20)(H,21,22). The highest BCUT2D eigenvalue weighted by molar-refractivity contribution is 5.96. The summed E-state index contributed by atoms with van der Waals surface area (Å²) in [5.41, 5.74) is 2.18. The number of aliphatic carboxylic acids is 1. The molecule has 2 aromatic heterocycles. The summed E-state index contributed by atoms with van der Waals surface area (Å²) in [6.07, 6.45) is 1.38. The molecule has 1 unspecified atom stereocenters. The van der Waals surface area contributed by atoms with Crippen LogP contribution >= 0.6 is 0 Å². The summed E-state index contributed by atoms with van der Waals surface area (Å²) in [4.78, 5) is 35.1. The highest BCUT2D eigenvalue weighted by Gasteiger charge is 2.19. The number of nitrogens with one attached hydrogen (secondary N) is 1. The van der Waals surface area contributed by atoms with E-state index < -0.39 is 23.5 Å². The minimum absolute atomic E-state index is 0.211. The summed E-state index contributed by atoms with van der Waals surface area (Å²) >= 11 is 0. The first-order valence-corrected chi connectivity index (χ1v) is 7.74. The van der Waals surface area contributed by atoms with Crippen LogP contribution in [0.5, 0.6) is 0 Å². The zero-order valence-electron chi connectivity index (χ0n) is 14.0. The fourth-order valence-electron chi connectivity index (χ4n) is 2.76. The average Bonchev–Trinajstić information content (AvgIpc) is 2.90. The number of hydrogen-bond donors (Lipinski definition) is 2. The van der Waals surface area contributed by atoms with Gasteiger partial charge in [0.2, 0.25) is 5.91 Å². The number of amides is 1. The van der Waals surface area contributed by atoms with Crippen LogP contribution in [0.2, 0.25) is 0 Å². The van der Waals surface area contributed by atoms with Gasteiger partial charge in [0.15, 0.2) is 0 Å². The van der Waals surface area contributed by atoms with Gasteiger partial charge in [-0.25, -0.2) is 4.79 Å². The van der Waals surface area contributed by atoms with E-state index >= 15 is 0 Å². The van der Waals surface area contributed by atoms with Crippen molar-refractivity contribution in [2.45, 2.75) is 33.2 Å². The lowest BCUT2D eigenvalue weighted by molar-refractivity contribution is -0.141. The molecule has 2 heterocycles. The topological polar surface area (TPSA) is 110 Å². The van der Waals surface area contributed by atoms with Gasteiger partial charge in [-0.3, -0.25) is 9.59 Å². The predicted molar refractivity (Wildman–Crippen MR) is 90.7 cm³/mol.